The Labute approximate surface area is 93.5 Å². The van der Waals surface area contributed by atoms with Crippen LogP contribution in [-0.4, -0.2) is 24.2 Å². The minimum absolute atomic E-state index is 0.149. The van der Waals surface area contributed by atoms with Crippen LogP contribution in [0.1, 0.15) is 0 Å². The largest absolute Gasteiger partial charge is 0.398 e. The van der Waals surface area contributed by atoms with Crippen LogP contribution in [-0.2, 0) is 9.84 Å². The maximum absolute atomic E-state index is 11.4. The van der Waals surface area contributed by atoms with Gasteiger partial charge in [0.05, 0.1) is 16.9 Å². The quantitative estimate of drug-likeness (QED) is 0.786. The van der Waals surface area contributed by atoms with E-state index in [1.165, 1.54) is 6.07 Å². The summed E-state index contributed by atoms with van der Waals surface area (Å²) in [5, 5.41) is 0. The van der Waals surface area contributed by atoms with Gasteiger partial charge in [-0.2, -0.15) is 0 Å². The van der Waals surface area contributed by atoms with Crippen molar-refractivity contribution < 1.29 is 8.42 Å². The minimum atomic E-state index is -3.27. The Morgan fingerprint density at radius 3 is 2.62 bits per heavy atom. The zero-order valence-corrected chi connectivity index (χ0v) is 9.48. The predicted molar refractivity (Wildman–Crippen MR) is 61.1 cm³/mol. The van der Waals surface area contributed by atoms with Crippen LogP contribution >= 0.6 is 0 Å². The second-order valence-electron chi connectivity index (χ2n) is 3.46. The van der Waals surface area contributed by atoms with E-state index in [0.29, 0.717) is 0 Å². The molecule has 1 aromatic heterocycles. The second kappa shape index (κ2) is 3.64. The normalized spacial score (nSPS) is 11.6. The molecule has 2 rings (SSSR count). The Hall–Kier alpha value is -1.82. The molecule has 0 aliphatic rings. The van der Waals surface area contributed by atoms with Crippen LogP contribution in [0.3, 0.4) is 0 Å². The van der Waals surface area contributed by atoms with E-state index >= 15 is 0 Å². The molecule has 0 aliphatic carbocycles. The summed E-state index contributed by atoms with van der Waals surface area (Å²) in [5.74, 6) is 0. The average molecular weight is 237 g/mol. The Morgan fingerprint density at radius 1 is 1.38 bits per heavy atom. The number of sulfone groups is 1. The molecule has 0 aliphatic heterocycles. The summed E-state index contributed by atoms with van der Waals surface area (Å²) in [4.78, 5) is 4.05. The summed E-state index contributed by atoms with van der Waals surface area (Å²) in [7, 11) is -3.27. The van der Waals surface area contributed by atoms with Gasteiger partial charge < -0.3 is 10.3 Å². The zero-order chi connectivity index (χ0) is 11.8. The van der Waals surface area contributed by atoms with E-state index in [-0.39, 0.29) is 10.6 Å². The summed E-state index contributed by atoms with van der Waals surface area (Å²) in [5.41, 5.74) is 6.72. The van der Waals surface area contributed by atoms with Gasteiger partial charge in [0.25, 0.3) is 0 Å². The molecule has 5 nitrogen and oxygen atoms in total. The monoisotopic (exact) mass is 237 g/mol. The summed E-state index contributed by atoms with van der Waals surface area (Å²) < 4.78 is 24.5. The molecule has 0 unspecified atom stereocenters. The number of rotatable bonds is 2. The van der Waals surface area contributed by atoms with Gasteiger partial charge in [0, 0.05) is 24.3 Å². The topological polar surface area (TPSA) is 78.0 Å². The lowest BCUT2D eigenvalue weighted by Gasteiger charge is -2.07. The van der Waals surface area contributed by atoms with E-state index < -0.39 is 9.84 Å². The molecule has 2 N–H and O–H groups in total. The maximum atomic E-state index is 11.4. The van der Waals surface area contributed by atoms with E-state index in [4.69, 9.17) is 5.73 Å². The lowest BCUT2D eigenvalue weighted by Crippen LogP contribution is -2.03. The highest BCUT2D eigenvalue weighted by Crippen LogP contribution is 2.21. The predicted octanol–water partition coefficient (Wildman–Crippen LogP) is 0.858. The number of imidazole rings is 1. The van der Waals surface area contributed by atoms with E-state index in [1.54, 1.807) is 35.4 Å². The van der Waals surface area contributed by atoms with Crippen LogP contribution in [0.25, 0.3) is 5.69 Å². The number of nitrogen functional groups attached to an aromatic ring is 1. The highest BCUT2D eigenvalue weighted by atomic mass is 32.2. The van der Waals surface area contributed by atoms with Crippen LogP contribution in [0.4, 0.5) is 5.69 Å². The Kier molecular flexibility index (Phi) is 2.43. The summed E-state index contributed by atoms with van der Waals surface area (Å²) in [6.07, 6.45) is 6.15. The van der Waals surface area contributed by atoms with Gasteiger partial charge in [-0.15, -0.1) is 0 Å². The third kappa shape index (κ3) is 1.92. The molecule has 0 spiro atoms. The highest BCUT2D eigenvalue weighted by Gasteiger charge is 2.11. The first-order valence-corrected chi connectivity index (χ1v) is 6.45. The van der Waals surface area contributed by atoms with Gasteiger partial charge in [0.2, 0.25) is 0 Å². The van der Waals surface area contributed by atoms with Gasteiger partial charge in [-0.3, -0.25) is 0 Å². The molecule has 6 heteroatoms. The van der Waals surface area contributed by atoms with Crippen molar-refractivity contribution in [1.82, 2.24) is 9.55 Å². The van der Waals surface area contributed by atoms with Crippen molar-refractivity contribution in [2.45, 2.75) is 4.90 Å². The minimum Gasteiger partial charge on any atom is -0.398 e. The lowest BCUT2D eigenvalue weighted by atomic mass is 10.3. The van der Waals surface area contributed by atoms with Crippen LogP contribution in [0, 0.1) is 0 Å². The van der Waals surface area contributed by atoms with Crippen LogP contribution < -0.4 is 5.73 Å². The fourth-order valence-corrected chi connectivity index (χ4v) is 2.25. The van der Waals surface area contributed by atoms with Crippen molar-refractivity contribution in [1.29, 1.82) is 0 Å². The molecule has 1 aromatic carbocycles. The van der Waals surface area contributed by atoms with E-state index in [2.05, 4.69) is 4.98 Å². The number of benzene rings is 1. The van der Waals surface area contributed by atoms with Crippen LogP contribution in [0.5, 0.6) is 0 Å². The van der Waals surface area contributed by atoms with Crippen molar-refractivity contribution in [3.63, 3.8) is 0 Å². The molecule has 2 aromatic rings. The van der Waals surface area contributed by atoms with Crippen molar-refractivity contribution in [3.05, 3.63) is 36.9 Å². The van der Waals surface area contributed by atoms with E-state index in [0.717, 1.165) is 11.9 Å². The van der Waals surface area contributed by atoms with Crippen molar-refractivity contribution in [2.24, 2.45) is 0 Å². The standard InChI is InChI=1S/C10H11N3O2S/c1-16(14,15)10-3-2-8(6-9(10)11)13-5-4-12-7-13/h2-7H,11H2,1H3. The first-order chi connectivity index (χ1) is 7.48. The number of hydrogen-bond acceptors (Lipinski definition) is 4. The Bertz CT molecular complexity index is 603. The second-order valence-corrected chi connectivity index (χ2v) is 5.45. The molecular formula is C10H11N3O2S. The summed E-state index contributed by atoms with van der Waals surface area (Å²) >= 11 is 0. The Morgan fingerprint density at radius 2 is 2.12 bits per heavy atom. The van der Waals surface area contributed by atoms with E-state index in [1.807, 2.05) is 0 Å². The van der Waals surface area contributed by atoms with Crippen molar-refractivity contribution in [3.8, 4) is 5.69 Å². The molecule has 0 fully saturated rings. The van der Waals surface area contributed by atoms with Gasteiger partial charge in [-0.1, -0.05) is 0 Å². The molecule has 84 valence electrons. The van der Waals surface area contributed by atoms with Crippen LogP contribution in [0.2, 0.25) is 0 Å². The number of aromatic nitrogens is 2. The number of nitrogens with two attached hydrogens (primary N) is 1. The summed E-state index contributed by atoms with van der Waals surface area (Å²) in [6.45, 7) is 0. The van der Waals surface area contributed by atoms with Gasteiger partial charge in [0.1, 0.15) is 0 Å². The summed E-state index contributed by atoms with van der Waals surface area (Å²) in [6, 6.07) is 4.80. The molecular weight excluding hydrogens is 226 g/mol. The van der Waals surface area contributed by atoms with Gasteiger partial charge in [-0.05, 0) is 18.2 Å². The molecule has 0 atom stereocenters. The fraction of sp³-hybridized carbons (Fsp3) is 0.100. The highest BCUT2D eigenvalue weighted by molar-refractivity contribution is 7.90. The average Bonchev–Trinajstić information content (AvgIpc) is 2.68. The third-order valence-corrected chi connectivity index (χ3v) is 3.37. The molecule has 1 heterocycles. The SMILES string of the molecule is CS(=O)(=O)c1ccc(-n2ccnc2)cc1N. The lowest BCUT2D eigenvalue weighted by molar-refractivity contribution is 0.602. The van der Waals surface area contributed by atoms with Gasteiger partial charge >= 0.3 is 0 Å². The first kappa shape index (κ1) is 10.7. The van der Waals surface area contributed by atoms with E-state index in [9.17, 15) is 8.42 Å². The molecule has 0 saturated heterocycles. The number of hydrogen-bond donors (Lipinski definition) is 1. The maximum Gasteiger partial charge on any atom is 0.177 e. The molecule has 0 radical (unpaired) electrons. The van der Waals surface area contributed by atoms with Crippen molar-refractivity contribution >= 4 is 15.5 Å². The molecule has 0 bridgehead atoms. The molecule has 16 heavy (non-hydrogen) atoms. The van der Waals surface area contributed by atoms with Crippen molar-refractivity contribution in [2.75, 3.05) is 12.0 Å². The smallest absolute Gasteiger partial charge is 0.177 e. The number of nitrogens with zero attached hydrogens (tertiary/aromatic N) is 2. The first-order valence-electron chi connectivity index (χ1n) is 4.56. The van der Waals surface area contributed by atoms with Gasteiger partial charge in [-0.25, -0.2) is 13.4 Å². The van der Waals surface area contributed by atoms with Gasteiger partial charge in [0.15, 0.2) is 9.84 Å². The van der Waals surface area contributed by atoms with Crippen LogP contribution in [0.15, 0.2) is 41.8 Å². The number of anilines is 1. The third-order valence-electron chi connectivity index (χ3n) is 2.20. The fourth-order valence-electron chi connectivity index (χ4n) is 1.45. The zero-order valence-electron chi connectivity index (χ0n) is 8.66. The Balaban J connectivity index is 2.53. The molecule has 0 amide bonds. The molecule has 0 saturated carbocycles.